The van der Waals surface area contributed by atoms with E-state index in [9.17, 15) is 13.2 Å². The number of rotatable bonds is 10. The predicted octanol–water partition coefficient (Wildman–Crippen LogP) is 4.85. The molecule has 3 aromatic rings. The van der Waals surface area contributed by atoms with Gasteiger partial charge >= 0.3 is 0 Å². The van der Waals surface area contributed by atoms with Gasteiger partial charge < -0.3 is 19.1 Å². The second-order valence-electron chi connectivity index (χ2n) is 7.80. The summed E-state index contributed by atoms with van der Waals surface area (Å²) in [5, 5.41) is 0.146. The van der Waals surface area contributed by atoms with E-state index in [1.807, 2.05) is 6.07 Å². The molecule has 1 amide bonds. The minimum Gasteiger partial charge on any atom is -0.493 e. The Hall–Kier alpha value is -3.43. The molecule has 10 heteroatoms. The zero-order valence-electron chi connectivity index (χ0n) is 20.8. The summed E-state index contributed by atoms with van der Waals surface area (Å²) in [5.41, 5.74) is 1.27. The highest BCUT2D eigenvalue weighted by Gasteiger charge is 2.27. The lowest BCUT2D eigenvalue weighted by Crippen LogP contribution is -2.31. The van der Waals surface area contributed by atoms with Gasteiger partial charge in [-0.2, -0.15) is 0 Å². The van der Waals surface area contributed by atoms with Gasteiger partial charge in [0.05, 0.1) is 42.5 Å². The number of hydrogen-bond donors (Lipinski definition) is 0. The van der Waals surface area contributed by atoms with E-state index in [2.05, 4.69) is 0 Å². The third-order valence-electron chi connectivity index (χ3n) is 5.63. The molecule has 0 atom stereocenters. The summed E-state index contributed by atoms with van der Waals surface area (Å²) in [6.07, 6.45) is 0. The first-order chi connectivity index (χ1) is 17.2. The van der Waals surface area contributed by atoms with E-state index in [4.69, 9.17) is 25.8 Å². The number of sulfonamides is 1. The molecule has 0 bridgehead atoms. The first-order valence-corrected chi connectivity index (χ1v) is 12.9. The van der Waals surface area contributed by atoms with Crippen LogP contribution in [-0.2, 0) is 16.6 Å². The summed E-state index contributed by atoms with van der Waals surface area (Å²) in [7, 11) is 2.18. The van der Waals surface area contributed by atoms with Crippen LogP contribution in [-0.4, -0.2) is 54.1 Å². The van der Waals surface area contributed by atoms with E-state index >= 15 is 0 Å². The number of halogens is 1. The maximum Gasteiger partial charge on any atom is 0.264 e. The molecular formula is C26H29ClN2O6S. The maximum atomic E-state index is 13.4. The Morgan fingerprint density at radius 2 is 1.58 bits per heavy atom. The molecule has 0 N–H and O–H groups in total. The van der Waals surface area contributed by atoms with Gasteiger partial charge in [-0.25, -0.2) is 8.42 Å². The quantitative estimate of drug-likeness (QED) is 0.371. The van der Waals surface area contributed by atoms with E-state index in [1.165, 1.54) is 48.7 Å². The number of anilines is 1. The number of hydrogen-bond acceptors (Lipinski definition) is 6. The van der Waals surface area contributed by atoms with Crippen LogP contribution < -0.4 is 18.5 Å². The van der Waals surface area contributed by atoms with Gasteiger partial charge in [0, 0.05) is 25.7 Å². The summed E-state index contributed by atoms with van der Waals surface area (Å²) in [6, 6.07) is 16.4. The number of carbonyl (C=O) groups excluding carboxylic acids is 1. The van der Waals surface area contributed by atoms with Crippen molar-refractivity contribution in [3.63, 3.8) is 0 Å². The monoisotopic (exact) mass is 532 g/mol. The van der Waals surface area contributed by atoms with Crippen LogP contribution >= 0.6 is 11.6 Å². The van der Waals surface area contributed by atoms with Crippen LogP contribution in [0.25, 0.3) is 0 Å². The fourth-order valence-electron chi connectivity index (χ4n) is 3.86. The van der Waals surface area contributed by atoms with Crippen LogP contribution in [0.4, 0.5) is 5.69 Å². The number of para-hydroxylation sites is 1. The summed E-state index contributed by atoms with van der Waals surface area (Å²) in [5.74, 6) is 0.883. The largest absolute Gasteiger partial charge is 0.493 e. The van der Waals surface area contributed by atoms with E-state index in [-0.39, 0.29) is 28.6 Å². The van der Waals surface area contributed by atoms with Crippen LogP contribution in [0, 0.1) is 0 Å². The topological polar surface area (TPSA) is 85.4 Å². The second kappa shape index (κ2) is 11.5. The minimum absolute atomic E-state index is 0.0296. The first-order valence-electron chi connectivity index (χ1n) is 11.1. The predicted molar refractivity (Wildman–Crippen MR) is 140 cm³/mol. The Balaban J connectivity index is 1.95. The van der Waals surface area contributed by atoms with Crippen molar-refractivity contribution in [3.05, 3.63) is 76.8 Å². The molecule has 0 aromatic heterocycles. The molecule has 0 saturated heterocycles. The molecule has 3 rings (SSSR count). The second-order valence-corrected chi connectivity index (χ2v) is 10.1. The molecule has 0 spiro atoms. The van der Waals surface area contributed by atoms with Gasteiger partial charge in [0.15, 0.2) is 11.5 Å². The van der Waals surface area contributed by atoms with E-state index < -0.39 is 15.9 Å². The molecule has 0 aliphatic rings. The minimum atomic E-state index is -3.94. The van der Waals surface area contributed by atoms with E-state index in [0.29, 0.717) is 28.5 Å². The summed E-state index contributed by atoms with van der Waals surface area (Å²) < 4.78 is 44.4. The molecule has 0 aliphatic carbocycles. The highest BCUT2D eigenvalue weighted by atomic mass is 35.5. The van der Waals surface area contributed by atoms with E-state index in [0.717, 1.165) is 0 Å². The van der Waals surface area contributed by atoms with Crippen molar-refractivity contribution in [2.75, 3.05) is 39.2 Å². The molecule has 192 valence electrons. The Bertz CT molecular complexity index is 1330. The zero-order chi connectivity index (χ0) is 26.5. The summed E-state index contributed by atoms with van der Waals surface area (Å²) in [4.78, 5) is 14.8. The Kier molecular flexibility index (Phi) is 8.70. The number of amides is 1. The SMILES string of the molecule is CCN(c1ccccc1)S(=O)(=O)c1ccc(Cl)c(C(=O)N(C)Cc2ccc(OC)c(OC)c2OC)c1. The van der Waals surface area contributed by atoms with Crippen molar-refractivity contribution >= 4 is 33.2 Å². The third-order valence-corrected chi connectivity index (χ3v) is 7.86. The molecule has 8 nitrogen and oxygen atoms in total. The molecule has 0 heterocycles. The number of methoxy groups -OCH3 is 3. The molecular weight excluding hydrogens is 504 g/mol. The number of carbonyl (C=O) groups is 1. The van der Waals surface area contributed by atoms with Crippen molar-refractivity contribution in [1.29, 1.82) is 0 Å². The normalized spacial score (nSPS) is 11.1. The zero-order valence-corrected chi connectivity index (χ0v) is 22.4. The van der Waals surface area contributed by atoms with Gasteiger partial charge in [-0.1, -0.05) is 29.8 Å². The van der Waals surface area contributed by atoms with Gasteiger partial charge in [-0.05, 0) is 49.4 Å². The Morgan fingerprint density at radius 3 is 2.17 bits per heavy atom. The summed E-state index contributed by atoms with van der Waals surface area (Å²) >= 11 is 6.35. The van der Waals surface area contributed by atoms with Gasteiger partial charge in [0.1, 0.15) is 0 Å². The van der Waals surface area contributed by atoms with Crippen LogP contribution in [0.1, 0.15) is 22.8 Å². The summed E-state index contributed by atoms with van der Waals surface area (Å²) in [6.45, 7) is 2.12. The number of nitrogens with zero attached hydrogens (tertiary/aromatic N) is 2. The van der Waals surface area contributed by atoms with E-state index in [1.54, 1.807) is 50.4 Å². The van der Waals surface area contributed by atoms with Crippen LogP contribution in [0.15, 0.2) is 65.6 Å². The lowest BCUT2D eigenvalue weighted by molar-refractivity contribution is 0.0784. The Labute approximate surface area is 217 Å². The van der Waals surface area contributed by atoms with Crippen LogP contribution in [0.2, 0.25) is 5.02 Å². The lowest BCUT2D eigenvalue weighted by Gasteiger charge is -2.24. The highest BCUT2D eigenvalue weighted by Crippen LogP contribution is 2.40. The molecule has 3 aromatic carbocycles. The first kappa shape index (κ1) is 27.2. The standard InChI is InChI=1S/C26H29ClN2O6S/c1-6-29(19-10-8-7-9-11-19)36(31,32)20-13-14-22(27)21(16-20)26(30)28(2)17-18-12-15-23(33-3)25(35-5)24(18)34-4/h7-16H,6,17H2,1-5H3. The van der Waals surface area contributed by atoms with Gasteiger partial charge in [0.25, 0.3) is 15.9 Å². The molecule has 0 fully saturated rings. The van der Waals surface area contributed by atoms with Crippen molar-refractivity contribution in [3.8, 4) is 17.2 Å². The van der Waals surface area contributed by atoms with Gasteiger partial charge in [-0.3, -0.25) is 9.10 Å². The van der Waals surface area contributed by atoms with Crippen molar-refractivity contribution in [1.82, 2.24) is 4.90 Å². The smallest absolute Gasteiger partial charge is 0.264 e. The van der Waals surface area contributed by atoms with Crippen molar-refractivity contribution in [2.45, 2.75) is 18.4 Å². The average Bonchev–Trinajstić information content (AvgIpc) is 2.88. The van der Waals surface area contributed by atoms with Crippen LogP contribution in [0.5, 0.6) is 17.2 Å². The fraction of sp³-hybridized carbons (Fsp3) is 0.269. The van der Waals surface area contributed by atoms with Gasteiger partial charge in [0.2, 0.25) is 5.75 Å². The highest BCUT2D eigenvalue weighted by molar-refractivity contribution is 7.92. The van der Waals surface area contributed by atoms with Gasteiger partial charge in [-0.15, -0.1) is 0 Å². The lowest BCUT2D eigenvalue weighted by atomic mass is 10.1. The maximum absolute atomic E-state index is 13.4. The molecule has 0 saturated carbocycles. The van der Waals surface area contributed by atoms with Crippen molar-refractivity contribution in [2.24, 2.45) is 0 Å². The molecule has 0 unspecified atom stereocenters. The fourth-order valence-corrected chi connectivity index (χ4v) is 5.56. The molecule has 0 radical (unpaired) electrons. The van der Waals surface area contributed by atoms with Crippen LogP contribution in [0.3, 0.4) is 0 Å². The molecule has 36 heavy (non-hydrogen) atoms. The third kappa shape index (κ3) is 5.37. The molecule has 0 aliphatic heterocycles. The number of ether oxygens (including phenoxy) is 3. The average molecular weight is 533 g/mol. The Morgan fingerprint density at radius 1 is 0.917 bits per heavy atom. The van der Waals surface area contributed by atoms with Crippen molar-refractivity contribution < 1.29 is 27.4 Å². The number of benzene rings is 3.